The van der Waals surface area contributed by atoms with Crippen molar-refractivity contribution in [3.05, 3.63) is 64.6 Å². The predicted molar refractivity (Wildman–Crippen MR) is 368 cm³/mol. The van der Waals surface area contributed by atoms with Crippen LogP contribution in [0.5, 0.6) is 0 Å². The summed E-state index contributed by atoms with van der Waals surface area (Å²) in [6.45, 7) is 15.3. The number of aliphatic imine (C=N–C) groups is 1. The summed E-state index contributed by atoms with van der Waals surface area (Å²) >= 11 is 3.28. The van der Waals surface area contributed by atoms with E-state index in [-0.39, 0.29) is 74.1 Å². The molecule has 0 aliphatic carbocycles. The minimum Gasteiger partial charge on any atom is -0.453 e. The van der Waals surface area contributed by atoms with Crippen molar-refractivity contribution in [2.24, 2.45) is 57.5 Å². The molecule has 15 atom stereocenters. The van der Waals surface area contributed by atoms with Gasteiger partial charge in [0.1, 0.15) is 54.9 Å². The average molecular weight is 1470 g/mol. The maximum atomic E-state index is 15.7. The lowest BCUT2D eigenvalue weighted by molar-refractivity contribution is -0.159. The summed E-state index contributed by atoms with van der Waals surface area (Å²) in [7, 11) is 0. The van der Waals surface area contributed by atoms with Gasteiger partial charge in [-0.15, -0.1) is 0 Å². The third-order valence-electron chi connectivity index (χ3n) is 15.7. The van der Waals surface area contributed by atoms with E-state index >= 15 is 19.2 Å². The zero-order valence-electron chi connectivity index (χ0n) is 58.1. The second kappa shape index (κ2) is 41.5. The molecule has 2 aromatic carbocycles. The van der Waals surface area contributed by atoms with Gasteiger partial charge in [0.2, 0.25) is 65.0 Å². The number of nitrogens with two attached hydrogens (primary N) is 4. The molecule has 1 heterocycles. The van der Waals surface area contributed by atoms with Crippen molar-refractivity contribution in [1.82, 2.24) is 53.2 Å². The molecule has 0 bridgehead atoms. The molecule has 100 heavy (non-hydrogen) atoms. The fraction of sp³-hybridized carbons (Fsp3) is 0.600. The van der Waals surface area contributed by atoms with E-state index in [0.717, 1.165) is 6.92 Å². The van der Waals surface area contributed by atoms with Crippen LogP contribution in [0.15, 0.2) is 64.1 Å². The average Bonchev–Trinajstić information content (AvgIpc) is 0.849. The number of halogens is 1. The van der Waals surface area contributed by atoms with Crippen LogP contribution in [0.1, 0.15) is 126 Å². The number of carbonyl (C=O) groups excluding carboxylic acids is 13. The number of hydrogen-bond acceptors (Lipinski definition) is 20. The Morgan fingerprint density at radius 1 is 0.660 bits per heavy atom. The van der Waals surface area contributed by atoms with Gasteiger partial charge in [0.05, 0.1) is 24.8 Å². The van der Waals surface area contributed by atoms with Crippen LogP contribution in [0.2, 0.25) is 0 Å². The largest absolute Gasteiger partial charge is 0.453 e. The number of nitrogens with one attached hydrogen (secondary N) is 11. The lowest BCUT2D eigenvalue weighted by atomic mass is 9.95. The standard InChI is InChI=1S/C65H101BrN16O18/c1-12-34(10)45-59(93)80-46(35(11)83)58(92)72-28-44(84)78-48(51(86)53(68)87)61(95)77-43(29-99-65(98)73-38-21-16-20-37(66)27-38)63(97)100-52(36-18-14-13-15-19-36)49(82-57(91)42(26-32(6)7)75-54(88)39(67)24-30(2)3)62(96)81-47(50(85)33(8)9)60(94)76-41(25-31(4)5)56(90)74-40(55(89)79-45)22-17-23-71-64(69)70/h13-16,18-21,27,30-35,39-43,45-52,83,85-86H,12,17,22-26,28-29,67H2,1-11H3,(H2,68,87)(H,72,92)(H,73,98)(H,74,90)(H,75,88)(H,76,94)(H,77,95)(H,78,84)(H,79,89)(H,80,93)(H,81,96)(H,82,91)(H4,69,70,71)/t34-,35-,39+,40+,41-,42-,43-,45-,46-,47-,48-,49-,50+,51-,52+/m0/s1. The van der Waals surface area contributed by atoms with Gasteiger partial charge in [-0.1, -0.05) is 128 Å². The SMILES string of the molecule is CC[C@H](C)[C@@H]1NC(=O)[C@@H](CCCN=C(N)N)NC(=O)[C@H](CC(C)C)NC(=O)[C@H]([C@H](O)C(C)C)NC(=O)[C@@H](NC(=O)[C@H](CC(C)C)NC(=O)[C@H](N)CC(C)C)[C@@H](c2ccccc2)OC(=O)[C@H](COC(=O)Nc2cccc(Br)c2)NC(=O)[C@H]([C@H](O)C(N)=O)NC(=O)CNC(=O)[C@H]([C@H](C)O)NC1=O. The van der Waals surface area contributed by atoms with Gasteiger partial charge in [-0.3, -0.25) is 63.0 Å². The predicted octanol–water partition coefficient (Wildman–Crippen LogP) is -2.42. The van der Waals surface area contributed by atoms with E-state index in [0.29, 0.717) is 4.47 Å². The molecular weight excluding hydrogens is 1370 g/mol. The van der Waals surface area contributed by atoms with Gasteiger partial charge >= 0.3 is 12.1 Å². The molecule has 1 aliphatic heterocycles. The van der Waals surface area contributed by atoms with E-state index in [1.807, 2.05) is 19.2 Å². The quantitative estimate of drug-likeness (QED) is 0.0213. The molecule has 0 saturated carbocycles. The molecule has 0 spiro atoms. The number of aliphatic hydroxyl groups excluding tert-OH is 3. The molecule has 0 unspecified atom stereocenters. The Kier molecular flexibility index (Phi) is 35.3. The van der Waals surface area contributed by atoms with Crippen LogP contribution in [-0.2, 0) is 67.0 Å². The molecule has 1 fully saturated rings. The Hall–Kier alpha value is -9.06. The summed E-state index contributed by atoms with van der Waals surface area (Å²) < 4.78 is 12.1. The molecule has 2 aromatic rings. The van der Waals surface area contributed by atoms with Crippen LogP contribution in [0.3, 0.4) is 0 Å². The smallest absolute Gasteiger partial charge is 0.411 e. The Labute approximate surface area is 589 Å². The fourth-order valence-electron chi connectivity index (χ4n) is 10.1. The van der Waals surface area contributed by atoms with Crippen molar-refractivity contribution >= 4 is 105 Å². The summed E-state index contributed by atoms with van der Waals surface area (Å²) in [5.41, 5.74) is 22.9. The van der Waals surface area contributed by atoms with Crippen molar-refractivity contribution in [3.8, 4) is 0 Å². The Morgan fingerprint density at radius 2 is 1.24 bits per heavy atom. The second-order valence-corrected chi connectivity index (χ2v) is 27.0. The zero-order valence-corrected chi connectivity index (χ0v) is 59.7. The highest BCUT2D eigenvalue weighted by Crippen LogP contribution is 2.25. The van der Waals surface area contributed by atoms with Gasteiger partial charge in [-0.25, -0.2) is 9.59 Å². The summed E-state index contributed by atoms with van der Waals surface area (Å²) in [5.74, 6) is -17.7. The molecule has 0 aromatic heterocycles. The number of hydrogen-bond donors (Lipinski definition) is 18. The Bertz CT molecular complexity index is 3170. The van der Waals surface area contributed by atoms with Crippen molar-refractivity contribution in [1.29, 1.82) is 0 Å². The maximum absolute atomic E-state index is 15.7. The number of carbonyl (C=O) groups is 13. The van der Waals surface area contributed by atoms with Crippen LogP contribution < -0.4 is 81.4 Å². The van der Waals surface area contributed by atoms with Gasteiger partial charge in [0, 0.05) is 16.7 Å². The Balaban J connectivity index is 2.52. The molecule has 1 aliphatic rings. The normalized spacial score (nSPS) is 23.3. The van der Waals surface area contributed by atoms with Crippen LogP contribution >= 0.6 is 15.9 Å². The van der Waals surface area contributed by atoms with Gasteiger partial charge in [-0.05, 0) is 92.4 Å². The van der Waals surface area contributed by atoms with Crippen LogP contribution in [0.25, 0.3) is 0 Å². The van der Waals surface area contributed by atoms with E-state index in [1.54, 1.807) is 53.7 Å². The number of anilines is 1. The topological polar surface area (TPSA) is 550 Å². The summed E-state index contributed by atoms with van der Waals surface area (Å²) in [4.78, 5) is 191. The molecular formula is C65H101BrN16O18. The van der Waals surface area contributed by atoms with E-state index in [1.165, 1.54) is 56.3 Å². The first-order chi connectivity index (χ1) is 46.8. The third kappa shape index (κ3) is 28.3. The molecule has 22 N–H and O–H groups in total. The first-order valence-electron chi connectivity index (χ1n) is 32.9. The van der Waals surface area contributed by atoms with Crippen LogP contribution in [0, 0.1) is 29.6 Å². The summed E-state index contributed by atoms with van der Waals surface area (Å²) in [6.07, 6.45) is -9.66. The molecule has 34 nitrogen and oxygen atoms in total. The summed E-state index contributed by atoms with van der Waals surface area (Å²) in [6, 6.07) is -5.17. The molecule has 0 radical (unpaired) electrons. The van der Waals surface area contributed by atoms with Gasteiger partial charge in [0.25, 0.3) is 0 Å². The minimum absolute atomic E-state index is 0.0309. The molecule has 12 amide bonds. The van der Waals surface area contributed by atoms with Crippen LogP contribution in [0.4, 0.5) is 10.5 Å². The first kappa shape index (κ1) is 85.2. The van der Waals surface area contributed by atoms with Crippen molar-refractivity contribution in [2.75, 3.05) is 25.0 Å². The highest BCUT2D eigenvalue weighted by Gasteiger charge is 2.44. The van der Waals surface area contributed by atoms with E-state index < -0.39 is 193 Å². The molecule has 1 saturated heterocycles. The Morgan fingerprint density at radius 3 is 1.81 bits per heavy atom. The molecule has 556 valence electrons. The molecule has 35 heteroatoms. The minimum atomic E-state index is -2.65. The zero-order chi connectivity index (χ0) is 75.4. The van der Waals surface area contributed by atoms with E-state index in [9.17, 15) is 58.5 Å². The van der Waals surface area contributed by atoms with E-state index in [4.69, 9.17) is 32.4 Å². The monoisotopic (exact) mass is 1470 g/mol. The number of esters is 1. The number of ether oxygens (including phenoxy) is 2. The number of nitrogens with zero attached hydrogens (tertiary/aromatic N) is 1. The number of rotatable bonds is 25. The lowest BCUT2D eigenvalue weighted by Crippen LogP contribution is -2.64. The van der Waals surface area contributed by atoms with Crippen molar-refractivity contribution in [2.45, 2.75) is 200 Å². The lowest BCUT2D eigenvalue weighted by Gasteiger charge is -2.34. The number of guanidine groups is 1. The third-order valence-corrected chi connectivity index (χ3v) is 16.2. The fourth-order valence-corrected chi connectivity index (χ4v) is 10.5. The van der Waals surface area contributed by atoms with Gasteiger partial charge in [-0.2, -0.15) is 0 Å². The van der Waals surface area contributed by atoms with Crippen molar-refractivity contribution in [3.63, 3.8) is 0 Å². The number of primary amides is 1. The number of benzene rings is 2. The molecule has 3 rings (SSSR count). The van der Waals surface area contributed by atoms with Gasteiger partial charge < -0.3 is 101 Å². The summed E-state index contributed by atoms with van der Waals surface area (Å²) in [5, 5.41) is 60.6. The van der Waals surface area contributed by atoms with Gasteiger partial charge in [0.15, 0.2) is 24.2 Å². The van der Waals surface area contributed by atoms with E-state index in [2.05, 4.69) is 74.1 Å². The number of cyclic esters (lactones) is 1. The highest BCUT2D eigenvalue weighted by molar-refractivity contribution is 9.10. The number of aliphatic hydroxyl groups is 3. The highest BCUT2D eigenvalue weighted by atomic mass is 79.9. The van der Waals surface area contributed by atoms with Crippen molar-refractivity contribution < 1.29 is 87.1 Å². The maximum Gasteiger partial charge on any atom is 0.411 e. The number of amides is 12. The van der Waals surface area contributed by atoms with Crippen LogP contribution in [-0.4, -0.2) is 197 Å². The first-order valence-corrected chi connectivity index (χ1v) is 33.7. The second-order valence-electron chi connectivity index (χ2n) is 26.1.